The molecule has 0 saturated heterocycles. The van der Waals surface area contributed by atoms with Gasteiger partial charge >= 0.3 is 5.97 Å². The van der Waals surface area contributed by atoms with Gasteiger partial charge in [-0.2, -0.15) is 9.83 Å². The van der Waals surface area contributed by atoms with Crippen LogP contribution < -0.4 is 9.30 Å². The van der Waals surface area contributed by atoms with E-state index in [-0.39, 0.29) is 5.69 Å². The van der Waals surface area contributed by atoms with Crippen LogP contribution in [0, 0.1) is 11.3 Å². The van der Waals surface area contributed by atoms with Crippen molar-refractivity contribution in [2.75, 3.05) is 0 Å². The molecule has 0 radical (unpaired) electrons. The van der Waals surface area contributed by atoms with Gasteiger partial charge in [-0.15, -0.1) is 0 Å². The van der Waals surface area contributed by atoms with Crippen LogP contribution in [0.4, 0.5) is 0 Å². The van der Waals surface area contributed by atoms with Gasteiger partial charge in [-0.3, -0.25) is 0 Å². The summed E-state index contributed by atoms with van der Waals surface area (Å²) in [5.41, 5.74) is 1.85. The monoisotopic (exact) mass is 316 g/mol. The molecule has 0 N–H and O–H groups in total. The lowest BCUT2D eigenvalue weighted by Gasteiger charge is -2.03. The molecule has 0 saturated carbocycles. The predicted octanol–water partition coefficient (Wildman–Crippen LogP) is 2.51. The highest BCUT2D eigenvalue weighted by molar-refractivity contribution is 5.88. The van der Waals surface area contributed by atoms with Gasteiger partial charge in [0.1, 0.15) is 5.75 Å². The quantitative estimate of drug-likeness (QED) is 0.421. The second kappa shape index (κ2) is 7.16. The molecule has 2 aromatic carbocycles. The molecule has 5 nitrogen and oxygen atoms in total. The maximum absolute atomic E-state index is 12.2. The van der Waals surface area contributed by atoms with Crippen LogP contribution in [0.3, 0.4) is 0 Å². The van der Waals surface area contributed by atoms with E-state index in [1.54, 1.807) is 42.9 Å². The minimum Gasteiger partial charge on any atom is -0.422 e. The van der Waals surface area contributed by atoms with E-state index < -0.39 is 5.97 Å². The van der Waals surface area contributed by atoms with Crippen molar-refractivity contribution in [3.05, 3.63) is 90.0 Å². The van der Waals surface area contributed by atoms with E-state index in [2.05, 4.69) is 4.98 Å². The smallest absolute Gasteiger partial charge is 0.368 e. The first kappa shape index (κ1) is 15.4. The van der Waals surface area contributed by atoms with Gasteiger partial charge in [0.25, 0.3) is 0 Å². The third kappa shape index (κ3) is 3.81. The Hall–Kier alpha value is -3.52. The van der Waals surface area contributed by atoms with Crippen molar-refractivity contribution in [1.82, 2.24) is 4.98 Å². The number of ether oxygens (including phenoxy) is 1. The Morgan fingerprint density at radius 2 is 1.88 bits per heavy atom. The van der Waals surface area contributed by atoms with E-state index >= 15 is 0 Å². The minimum atomic E-state index is -0.540. The zero-order valence-corrected chi connectivity index (χ0v) is 12.8. The molecular formula is C19H14N3O2+. The summed E-state index contributed by atoms with van der Waals surface area (Å²) >= 11 is 0. The number of carbonyl (C=O) groups is 1. The molecule has 0 spiro atoms. The number of esters is 1. The maximum atomic E-state index is 12.2. The summed E-state index contributed by atoms with van der Waals surface area (Å²) in [6, 6.07) is 18.3. The van der Waals surface area contributed by atoms with Crippen molar-refractivity contribution < 1.29 is 14.1 Å². The second-order valence-corrected chi connectivity index (χ2v) is 5.13. The fraction of sp³-hybridized carbons (Fsp3) is 0.0526. The van der Waals surface area contributed by atoms with E-state index in [1.807, 2.05) is 41.0 Å². The first-order valence-electron chi connectivity index (χ1n) is 7.36. The van der Waals surface area contributed by atoms with Crippen LogP contribution in [-0.4, -0.2) is 11.0 Å². The van der Waals surface area contributed by atoms with Crippen molar-refractivity contribution in [3.63, 3.8) is 0 Å². The van der Waals surface area contributed by atoms with Crippen LogP contribution >= 0.6 is 0 Å². The molecule has 0 aliphatic rings. The largest absolute Gasteiger partial charge is 0.422 e. The van der Waals surface area contributed by atoms with E-state index in [9.17, 15) is 4.79 Å². The molecule has 3 aromatic rings. The molecule has 1 aromatic heterocycles. The molecule has 5 heteroatoms. The molecule has 24 heavy (non-hydrogen) atoms. The lowest BCUT2D eigenvalue weighted by atomic mass is 10.2. The number of nitriles is 1. The zero-order chi connectivity index (χ0) is 16.8. The summed E-state index contributed by atoms with van der Waals surface area (Å²) in [5, 5.41) is 8.77. The predicted molar refractivity (Wildman–Crippen MR) is 86.1 cm³/mol. The third-order valence-corrected chi connectivity index (χ3v) is 3.37. The van der Waals surface area contributed by atoms with E-state index in [1.165, 1.54) is 0 Å². The molecule has 0 aliphatic carbocycles. The molecule has 0 unspecified atom stereocenters. The highest BCUT2D eigenvalue weighted by Crippen LogP contribution is 2.13. The number of rotatable bonds is 4. The molecular weight excluding hydrogens is 302 g/mol. The third-order valence-electron chi connectivity index (χ3n) is 3.37. The standard InChI is InChI=1S/C19H14N3O2/c20-12-15-6-8-17(9-7-15)24-19(23)18-14-22(11-10-21-18)13-16-4-2-1-3-5-16/h1-11,14H,13H2/q+1. The van der Waals surface area contributed by atoms with Crippen LogP contribution in [0.2, 0.25) is 0 Å². The van der Waals surface area contributed by atoms with Crippen LogP contribution in [0.5, 0.6) is 5.75 Å². The summed E-state index contributed by atoms with van der Waals surface area (Å²) < 4.78 is 7.15. The molecule has 0 amide bonds. The highest BCUT2D eigenvalue weighted by Gasteiger charge is 2.15. The Morgan fingerprint density at radius 3 is 2.58 bits per heavy atom. The van der Waals surface area contributed by atoms with Gasteiger partial charge in [-0.25, -0.2) is 9.78 Å². The summed E-state index contributed by atoms with van der Waals surface area (Å²) in [7, 11) is 0. The van der Waals surface area contributed by atoms with Crippen LogP contribution in [0.1, 0.15) is 21.6 Å². The molecule has 1 heterocycles. The Kier molecular flexibility index (Phi) is 4.59. The molecule has 116 valence electrons. The molecule has 0 atom stereocenters. The summed E-state index contributed by atoms with van der Waals surface area (Å²) in [4.78, 5) is 16.3. The van der Waals surface area contributed by atoms with E-state index in [4.69, 9.17) is 10.00 Å². The van der Waals surface area contributed by atoms with E-state index in [0.717, 1.165) is 5.56 Å². The van der Waals surface area contributed by atoms with E-state index in [0.29, 0.717) is 17.9 Å². The summed E-state index contributed by atoms with van der Waals surface area (Å²) in [5.74, 6) is -0.165. The summed E-state index contributed by atoms with van der Waals surface area (Å²) in [6.45, 7) is 0.639. The molecule has 0 bridgehead atoms. The lowest BCUT2D eigenvalue weighted by Crippen LogP contribution is -2.35. The Balaban J connectivity index is 1.73. The molecule has 0 aliphatic heterocycles. The van der Waals surface area contributed by atoms with Crippen molar-refractivity contribution in [3.8, 4) is 11.8 Å². The average Bonchev–Trinajstić information content (AvgIpc) is 2.63. The number of hydrogen-bond donors (Lipinski definition) is 0. The average molecular weight is 316 g/mol. The number of nitrogens with zero attached hydrogens (tertiary/aromatic N) is 3. The van der Waals surface area contributed by atoms with Crippen molar-refractivity contribution in [2.24, 2.45) is 0 Å². The van der Waals surface area contributed by atoms with Gasteiger partial charge in [0, 0.05) is 5.56 Å². The zero-order valence-electron chi connectivity index (χ0n) is 12.8. The highest BCUT2D eigenvalue weighted by atomic mass is 16.5. The molecule has 0 fully saturated rings. The van der Waals surface area contributed by atoms with Gasteiger partial charge in [-0.05, 0) is 24.3 Å². The maximum Gasteiger partial charge on any atom is 0.368 e. The minimum absolute atomic E-state index is 0.220. The van der Waals surface area contributed by atoms with Crippen molar-refractivity contribution in [2.45, 2.75) is 6.54 Å². The Morgan fingerprint density at radius 1 is 1.12 bits per heavy atom. The SMILES string of the molecule is N#Cc1ccc(OC(=O)c2c[n+](Cc3ccccc3)ccn2)cc1. The van der Waals surface area contributed by atoms with Gasteiger partial charge in [-0.1, -0.05) is 30.3 Å². The Labute approximate surface area is 139 Å². The first-order chi connectivity index (χ1) is 11.7. The number of carbonyl (C=O) groups excluding carboxylic acids is 1. The van der Waals surface area contributed by atoms with Crippen LogP contribution in [0.15, 0.2) is 73.2 Å². The van der Waals surface area contributed by atoms with Gasteiger partial charge in [0.15, 0.2) is 12.7 Å². The van der Waals surface area contributed by atoms with Gasteiger partial charge in [0.05, 0.1) is 17.8 Å². The van der Waals surface area contributed by atoms with Crippen LogP contribution in [-0.2, 0) is 6.54 Å². The lowest BCUT2D eigenvalue weighted by molar-refractivity contribution is -0.689. The fourth-order valence-corrected chi connectivity index (χ4v) is 2.19. The van der Waals surface area contributed by atoms with Gasteiger partial charge in [0.2, 0.25) is 11.9 Å². The second-order valence-electron chi connectivity index (χ2n) is 5.13. The molecule has 3 rings (SSSR count). The van der Waals surface area contributed by atoms with Crippen molar-refractivity contribution >= 4 is 5.97 Å². The number of aromatic nitrogens is 2. The number of hydrogen-bond acceptors (Lipinski definition) is 4. The van der Waals surface area contributed by atoms with Crippen LogP contribution in [0.25, 0.3) is 0 Å². The van der Waals surface area contributed by atoms with Crippen molar-refractivity contribution in [1.29, 1.82) is 5.26 Å². The number of benzene rings is 2. The Bertz CT molecular complexity index is 884. The topological polar surface area (TPSA) is 66.9 Å². The fourth-order valence-electron chi connectivity index (χ4n) is 2.19. The first-order valence-corrected chi connectivity index (χ1v) is 7.36. The normalized spacial score (nSPS) is 9.96. The van der Waals surface area contributed by atoms with Gasteiger partial charge < -0.3 is 4.74 Å². The summed E-state index contributed by atoms with van der Waals surface area (Å²) in [6.07, 6.45) is 5.02.